The molecule has 1 radical (unpaired) electrons. The zero-order chi connectivity index (χ0) is 8.67. The third-order valence-corrected chi connectivity index (χ3v) is 2.11. The predicted molar refractivity (Wildman–Crippen MR) is 46.9 cm³/mol. The average Bonchev–Trinajstić information content (AvgIpc) is 2.61. The summed E-state index contributed by atoms with van der Waals surface area (Å²) in [6, 6.07) is 3.79. The molecular weight excluding hydrogens is 167 g/mol. The van der Waals surface area contributed by atoms with Crippen LogP contribution in [0.25, 0.3) is 0 Å². The Morgan fingerprint density at radius 3 is 2.85 bits per heavy atom. The molecule has 4 heteroatoms. The quantitative estimate of drug-likeness (QED) is 0.555. The van der Waals surface area contributed by atoms with Gasteiger partial charge in [-0.2, -0.15) is 0 Å². The van der Waals surface area contributed by atoms with Gasteiger partial charge in [0.1, 0.15) is 17.2 Å². The number of allylic oxidation sites excluding steroid dienone is 1. The van der Waals surface area contributed by atoms with E-state index in [4.69, 9.17) is 14.0 Å². The van der Waals surface area contributed by atoms with Crippen LogP contribution in [0.2, 0.25) is 0 Å². The molecule has 63 valence electrons. The maximum absolute atomic E-state index is 5.32. The second kappa shape index (κ2) is 2.45. The van der Waals surface area contributed by atoms with Gasteiger partial charge in [0.05, 0.1) is 6.26 Å². The van der Waals surface area contributed by atoms with Crippen LogP contribution in [0.15, 0.2) is 24.5 Å². The molecule has 0 unspecified atom stereocenters. The van der Waals surface area contributed by atoms with Crippen molar-refractivity contribution in [1.82, 2.24) is 0 Å². The lowest BCUT2D eigenvalue weighted by Gasteiger charge is -2.12. The van der Waals surface area contributed by atoms with E-state index >= 15 is 0 Å². The first-order chi connectivity index (χ1) is 6.43. The van der Waals surface area contributed by atoms with Crippen molar-refractivity contribution in [2.45, 2.75) is 6.42 Å². The topological polar surface area (TPSA) is 27.7 Å². The number of hydrogen-bond acceptors (Lipinski definition) is 3. The van der Waals surface area contributed by atoms with Gasteiger partial charge in [0, 0.05) is 11.6 Å². The Morgan fingerprint density at radius 1 is 1.08 bits per heavy atom. The first kappa shape index (κ1) is 6.89. The van der Waals surface area contributed by atoms with Crippen LogP contribution in [0, 0.1) is 0 Å². The van der Waals surface area contributed by atoms with E-state index in [-0.39, 0.29) is 0 Å². The number of hydrogen-bond donors (Lipinski definition) is 0. The predicted octanol–water partition coefficient (Wildman–Crippen LogP) is 1.44. The fourth-order valence-electron chi connectivity index (χ4n) is 1.46. The van der Waals surface area contributed by atoms with E-state index in [1.807, 2.05) is 18.2 Å². The molecule has 2 heterocycles. The molecule has 0 fully saturated rings. The molecular formula is C9H6BO3. The summed E-state index contributed by atoms with van der Waals surface area (Å²) in [6.45, 7) is 0. The van der Waals surface area contributed by atoms with Gasteiger partial charge in [-0.1, -0.05) is 0 Å². The molecule has 1 aromatic carbocycles. The molecule has 0 saturated carbocycles. The van der Waals surface area contributed by atoms with Crippen LogP contribution >= 0.6 is 0 Å². The highest BCUT2D eigenvalue weighted by Crippen LogP contribution is 2.38. The summed E-state index contributed by atoms with van der Waals surface area (Å²) in [5.41, 5.74) is 1.13. The summed E-state index contributed by atoms with van der Waals surface area (Å²) in [5.74, 6) is 2.33. The van der Waals surface area contributed by atoms with Gasteiger partial charge >= 0.3 is 7.69 Å². The van der Waals surface area contributed by atoms with Gasteiger partial charge in [-0.3, -0.25) is 0 Å². The second-order valence-corrected chi connectivity index (χ2v) is 2.93. The zero-order valence-electron chi connectivity index (χ0n) is 6.82. The normalized spacial score (nSPS) is 16.0. The standard InChI is InChI=1S/C9H6BO3/c1-2-6-4-8-9(13-10-12-8)5-7(6)11-3-1/h1,3-5H,2H2. The molecule has 0 atom stereocenters. The van der Waals surface area contributed by atoms with Gasteiger partial charge in [-0.05, 0) is 18.6 Å². The van der Waals surface area contributed by atoms with E-state index in [9.17, 15) is 0 Å². The minimum Gasteiger partial charge on any atom is -0.524 e. The van der Waals surface area contributed by atoms with Gasteiger partial charge in [-0.15, -0.1) is 0 Å². The van der Waals surface area contributed by atoms with Crippen LogP contribution < -0.4 is 14.0 Å². The molecule has 0 spiro atoms. The zero-order valence-corrected chi connectivity index (χ0v) is 6.82. The van der Waals surface area contributed by atoms with Gasteiger partial charge in [0.15, 0.2) is 0 Å². The van der Waals surface area contributed by atoms with E-state index in [1.54, 1.807) is 6.26 Å². The highest BCUT2D eigenvalue weighted by Gasteiger charge is 2.20. The molecule has 3 nitrogen and oxygen atoms in total. The molecule has 2 aliphatic rings. The second-order valence-electron chi connectivity index (χ2n) is 2.93. The lowest BCUT2D eigenvalue weighted by Crippen LogP contribution is -1.99. The van der Waals surface area contributed by atoms with Gasteiger partial charge in [0.25, 0.3) is 0 Å². The van der Waals surface area contributed by atoms with Crippen molar-refractivity contribution < 1.29 is 14.0 Å². The first-order valence-corrected chi connectivity index (χ1v) is 4.07. The molecule has 0 N–H and O–H groups in total. The van der Waals surface area contributed by atoms with Crippen molar-refractivity contribution in [3.8, 4) is 17.2 Å². The molecule has 13 heavy (non-hydrogen) atoms. The van der Waals surface area contributed by atoms with Crippen molar-refractivity contribution in [3.63, 3.8) is 0 Å². The summed E-state index contributed by atoms with van der Waals surface area (Å²) in [4.78, 5) is 0. The summed E-state index contributed by atoms with van der Waals surface area (Å²) in [5, 5.41) is 0. The number of fused-ring (bicyclic) bond motifs is 2. The van der Waals surface area contributed by atoms with E-state index in [2.05, 4.69) is 0 Å². The molecule has 2 aliphatic heterocycles. The SMILES string of the molecule is [B]1Oc2cc3c(cc2O1)OC=CC3. The Labute approximate surface area is 76.2 Å². The Balaban J connectivity index is 2.14. The summed E-state index contributed by atoms with van der Waals surface area (Å²) < 4.78 is 15.6. The summed E-state index contributed by atoms with van der Waals surface area (Å²) >= 11 is 0. The number of rotatable bonds is 0. The first-order valence-electron chi connectivity index (χ1n) is 4.07. The molecule has 1 aromatic rings. The minimum absolute atomic E-state index is 0.717. The van der Waals surface area contributed by atoms with Crippen molar-refractivity contribution in [3.05, 3.63) is 30.0 Å². The minimum atomic E-state index is 0.717. The molecule has 0 aromatic heterocycles. The fourth-order valence-corrected chi connectivity index (χ4v) is 1.46. The van der Waals surface area contributed by atoms with Gasteiger partial charge in [0.2, 0.25) is 0 Å². The number of benzene rings is 1. The molecule has 0 amide bonds. The van der Waals surface area contributed by atoms with Crippen LogP contribution in [0.4, 0.5) is 0 Å². The maximum atomic E-state index is 5.32. The third kappa shape index (κ3) is 0.984. The summed E-state index contributed by atoms with van der Waals surface area (Å²) in [7, 11) is 1.32. The molecule has 0 bridgehead atoms. The van der Waals surface area contributed by atoms with E-state index < -0.39 is 0 Å². The van der Waals surface area contributed by atoms with Crippen molar-refractivity contribution in [2.24, 2.45) is 0 Å². The van der Waals surface area contributed by atoms with Crippen LogP contribution in [-0.2, 0) is 6.42 Å². The number of ether oxygens (including phenoxy) is 1. The molecule has 3 rings (SSSR count). The van der Waals surface area contributed by atoms with Crippen LogP contribution in [0.1, 0.15) is 5.56 Å². The smallest absolute Gasteiger partial charge is 0.524 e. The Morgan fingerprint density at radius 2 is 1.92 bits per heavy atom. The third-order valence-electron chi connectivity index (χ3n) is 2.11. The highest BCUT2D eigenvalue weighted by atomic mass is 16.6. The van der Waals surface area contributed by atoms with Crippen molar-refractivity contribution >= 4 is 7.69 Å². The van der Waals surface area contributed by atoms with Gasteiger partial charge in [-0.25, -0.2) is 0 Å². The molecule has 0 saturated heterocycles. The van der Waals surface area contributed by atoms with E-state index in [0.717, 1.165) is 23.5 Å². The Kier molecular flexibility index (Phi) is 1.30. The van der Waals surface area contributed by atoms with E-state index in [1.165, 1.54) is 7.69 Å². The summed E-state index contributed by atoms with van der Waals surface area (Å²) in [6.07, 6.45) is 4.54. The average molecular weight is 173 g/mol. The largest absolute Gasteiger partial charge is 0.658 e. The fraction of sp³-hybridized carbons (Fsp3) is 0.111. The van der Waals surface area contributed by atoms with Crippen molar-refractivity contribution in [1.29, 1.82) is 0 Å². The van der Waals surface area contributed by atoms with Crippen molar-refractivity contribution in [2.75, 3.05) is 0 Å². The van der Waals surface area contributed by atoms with Crippen LogP contribution in [0.5, 0.6) is 17.2 Å². The van der Waals surface area contributed by atoms with Gasteiger partial charge < -0.3 is 14.0 Å². The lowest BCUT2D eigenvalue weighted by molar-refractivity contribution is 0.461. The monoisotopic (exact) mass is 173 g/mol. The Hall–Kier alpha value is -1.58. The molecule has 0 aliphatic carbocycles. The maximum Gasteiger partial charge on any atom is 0.658 e. The van der Waals surface area contributed by atoms with Crippen LogP contribution in [0.3, 0.4) is 0 Å². The lowest BCUT2D eigenvalue weighted by atomic mass is 10.1. The highest BCUT2D eigenvalue weighted by molar-refractivity contribution is 6.23. The van der Waals surface area contributed by atoms with Crippen LogP contribution in [-0.4, -0.2) is 7.69 Å². The Bertz CT molecular complexity index is 352. The van der Waals surface area contributed by atoms with E-state index in [0.29, 0.717) is 5.75 Å².